The highest BCUT2D eigenvalue weighted by Gasteiger charge is 2.40. The second-order valence-corrected chi connectivity index (χ2v) is 9.54. The van der Waals surface area contributed by atoms with Crippen molar-refractivity contribution in [2.75, 3.05) is 50.9 Å². The van der Waals surface area contributed by atoms with Crippen molar-refractivity contribution in [3.8, 4) is 5.75 Å². The first kappa shape index (κ1) is 22.0. The predicted octanol–water partition coefficient (Wildman–Crippen LogP) is 2.41. The Bertz CT molecular complexity index is 874. The number of amides is 2. The SMILES string of the molecule is C[C@@H]1COCCN1c1nc(Cl)cc2c1C(=O)N1CCN(C(=O)OC(C)(C)C)C[C@@H]1CO2. The van der Waals surface area contributed by atoms with Crippen LogP contribution >= 0.6 is 11.6 Å². The molecule has 0 N–H and O–H groups in total. The predicted molar refractivity (Wildman–Crippen MR) is 115 cm³/mol. The van der Waals surface area contributed by atoms with Gasteiger partial charge in [-0.2, -0.15) is 0 Å². The minimum atomic E-state index is -0.577. The first-order valence-corrected chi connectivity index (χ1v) is 11.0. The number of anilines is 1. The largest absolute Gasteiger partial charge is 0.490 e. The van der Waals surface area contributed by atoms with Crippen molar-refractivity contribution in [3.63, 3.8) is 0 Å². The van der Waals surface area contributed by atoms with Crippen LogP contribution in [0, 0.1) is 0 Å². The van der Waals surface area contributed by atoms with Gasteiger partial charge in [0.05, 0.1) is 25.3 Å². The van der Waals surface area contributed by atoms with E-state index >= 15 is 0 Å². The molecule has 2 saturated heterocycles. The number of hydrogen-bond acceptors (Lipinski definition) is 7. The van der Waals surface area contributed by atoms with Crippen molar-refractivity contribution < 1.29 is 23.8 Å². The lowest BCUT2D eigenvalue weighted by Gasteiger charge is -2.40. The van der Waals surface area contributed by atoms with Gasteiger partial charge in [0.2, 0.25) is 0 Å². The maximum absolute atomic E-state index is 13.6. The molecule has 9 nitrogen and oxygen atoms in total. The van der Waals surface area contributed by atoms with Gasteiger partial charge >= 0.3 is 6.09 Å². The Morgan fingerprint density at radius 2 is 2.00 bits per heavy atom. The number of rotatable bonds is 1. The first-order valence-electron chi connectivity index (χ1n) is 10.6. The lowest BCUT2D eigenvalue weighted by atomic mass is 10.1. The van der Waals surface area contributed by atoms with Crippen LogP contribution in [0.3, 0.4) is 0 Å². The molecular formula is C21H29ClN4O5. The second-order valence-electron chi connectivity index (χ2n) is 9.15. The normalized spacial score (nSPS) is 24.2. The number of aromatic nitrogens is 1. The molecule has 0 radical (unpaired) electrons. The summed E-state index contributed by atoms with van der Waals surface area (Å²) in [5.74, 6) is 0.801. The number of ether oxygens (including phenoxy) is 3. The molecule has 0 aromatic carbocycles. The average molecular weight is 453 g/mol. The van der Waals surface area contributed by atoms with Crippen LogP contribution in [0.25, 0.3) is 0 Å². The summed E-state index contributed by atoms with van der Waals surface area (Å²) < 4.78 is 17.1. The third kappa shape index (κ3) is 4.52. The number of morpholine rings is 1. The molecule has 31 heavy (non-hydrogen) atoms. The molecule has 10 heteroatoms. The van der Waals surface area contributed by atoms with Gasteiger partial charge in [0.25, 0.3) is 5.91 Å². The van der Waals surface area contributed by atoms with Gasteiger partial charge in [0.15, 0.2) is 0 Å². The molecule has 4 rings (SSSR count). The Balaban J connectivity index is 1.61. The van der Waals surface area contributed by atoms with E-state index in [1.165, 1.54) is 0 Å². The van der Waals surface area contributed by atoms with Crippen molar-refractivity contribution in [1.82, 2.24) is 14.8 Å². The topological polar surface area (TPSA) is 84.4 Å². The van der Waals surface area contributed by atoms with Crippen LogP contribution in [0.1, 0.15) is 38.1 Å². The van der Waals surface area contributed by atoms with Crippen LogP contribution < -0.4 is 9.64 Å². The summed E-state index contributed by atoms with van der Waals surface area (Å²) in [6.45, 7) is 10.7. The quantitative estimate of drug-likeness (QED) is 0.605. The molecule has 170 valence electrons. The summed E-state index contributed by atoms with van der Waals surface area (Å²) in [5, 5.41) is 0.274. The molecule has 1 aromatic heterocycles. The van der Waals surface area contributed by atoms with Gasteiger partial charge in [-0.1, -0.05) is 11.6 Å². The van der Waals surface area contributed by atoms with E-state index in [2.05, 4.69) is 4.98 Å². The molecule has 2 atom stereocenters. The third-order valence-electron chi connectivity index (χ3n) is 5.61. The van der Waals surface area contributed by atoms with Crippen molar-refractivity contribution in [2.45, 2.75) is 45.4 Å². The van der Waals surface area contributed by atoms with Crippen molar-refractivity contribution in [2.24, 2.45) is 0 Å². The van der Waals surface area contributed by atoms with E-state index in [1.807, 2.05) is 32.6 Å². The van der Waals surface area contributed by atoms with Gasteiger partial charge in [-0.15, -0.1) is 0 Å². The Morgan fingerprint density at radius 1 is 1.23 bits per heavy atom. The number of carbonyl (C=O) groups is 2. The van der Waals surface area contributed by atoms with Crippen LogP contribution in [0.4, 0.5) is 10.6 Å². The Kier molecular flexibility index (Phi) is 5.91. The summed E-state index contributed by atoms with van der Waals surface area (Å²) in [7, 11) is 0. The van der Waals surface area contributed by atoms with E-state index in [4.69, 9.17) is 25.8 Å². The van der Waals surface area contributed by atoms with Crippen LogP contribution in [0.5, 0.6) is 5.75 Å². The maximum Gasteiger partial charge on any atom is 0.410 e. The highest BCUT2D eigenvalue weighted by Crippen LogP contribution is 2.36. The zero-order chi connectivity index (χ0) is 22.3. The van der Waals surface area contributed by atoms with Gasteiger partial charge in [0, 0.05) is 32.2 Å². The fourth-order valence-corrected chi connectivity index (χ4v) is 4.31. The van der Waals surface area contributed by atoms with E-state index < -0.39 is 5.60 Å². The highest BCUT2D eigenvalue weighted by atomic mass is 35.5. The van der Waals surface area contributed by atoms with E-state index in [1.54, 1.807) is 15.9 Å². The number of piperazine rings is 1. The summed E-state index contributed by atoms with van der Waals surface area (Å²) in [4.78, 5) is 36.1. The van der Waals surface area contributed by atoms with E-state index in [0.29, 0.717) is 56.5 Å². The number of fused-ring (bicyclic) bond motifs is 2. The average Bonchev–Trinajstić information content (AvgIpc) is 2.83. The fourth-order valence-electron chi connectivity index (χ4n) is 4.13. The second kappa shape index (κ2) is 8.35. The molecule has 0 saturated carbocycles. The van der Waals surface area contributed by atoms with Gasteiger partial charge < -0.3 is 28.9 Å². The van der Waals surface area contributed by atoms with Gasteiger partial charge in [-0.3, -0.25) is 4.79 Å². The standard InChI is InChI=1S/C21H29ClN4O5/c1-13-11-29-8-7-25(13)18-17-15(9-16(22)23-18)30-12-14-10-24(5-6-26(14)19(17)27)20(28)31-21(2,3)4/h9,13-14H,5-8,10-12H2,1-4H3/t13-,14-/m1/s1. The van der Waals surface area contributed by atoms with Crippen LogP contribution in [0.2, 0.25) is 5.15 Å². The van der Waals surface area contributed by atoms with E-state index in [0.717, 1.165) is 0 Å². The molecule has 0 bridgehead atoms. The third-order valence-corrected chi connectivity index (χ3v) is 5.81. The highest BCUT2D eigenvalue weighted by molar-refractivity contribution is 6.30. The molecule has 0 unspecified atom stereocenters. The lowest BCUT2D eigenvalue weighted by Crippen LogP contribution is -2.58. The molecule has 2 amide bonds. The van der Waals surface area contributed by atoms with Crippen LogP contribution in [-0.4, -0.2) is 90.5 Å². The molecule has 3 aliphatic rings. The Hall–Kier alpha value is -2.26. The Morgan fingerprint density at radius 3 is 2.71 bits per heavy atom. The molecular weight excluding hydrogens is 424 g/mol. The van der Waals surface area contributed by atoms with Gasteiger partial charge in [-0.05, 0) is 27.7 Å². The molecule has 1 aromatic rings. The van der Waals surface area contributed by atoms with Crippen molar-refractivity contribution in [3.05, 3.63) is 16.8 Å². The van der Waals surface area contributed by atoms with E-state index in [-0.39, 0.29) is 35.8 Å². The summed E-state index contributed by atoms with van der Waals surface area (Å²) in [6.07, 6.45) is -0.381. The molecule has 3 aliphatic heterocycles. The molecule has 0 spiro atoms. The number of nitrogens with zero attached hydrogens (tertiary/aromatic N) is 4. The minimum absolute atomic E-state index is 0.0553. The van der Waals surface area contributed by atoms with Crippen molar-refractivity contribution in [1.29, 1.82) is 0 Å². The zero-order valence-corrected chi connectivity index (χ0v) is 19.1. The zero-order valence-electron chi connectivity index (χ0n) is 18.4. The van der Waals surface area contributed by atoms with Gasteiger partial charge in [-0.25, -0.2) is 9.78 Å². The first-order chi connectivity index (χ1) is 14.6. The Labute approximate surface area is 187 Å². The monoisotopic (exact) mass is 452 g/mol. The molecule has 4 heterocycles. The molecule has 0 aliphatic carbocycles. The maximum atomic E-state index is 13.6. The number of pyridine rings is 1. The van der Waals surface area contributed by atoms with Crippen LogP contribution in [-0.2, 0) is 9.47 Å². The smallest absolute Gasteiger partial charge is 0.410 e. The van der Waals surface area contributed by atoms with Crippen molar-refractivity contribution >= 4 is 29.4 Å². The number of hydrogen-bond donors (Lipinski definition) is 0. The van der Waals surface area contributed by atoms with E-state index in [9.17, 15) is 9.59 Å². The summed E-state index contributed by atoms with van der Waals surface area (Å²) >= 11 is 6.29. The number of carbonyl (C=O) groups excluding carboxylic acids is 2. The number of halogens is 1. The molecule has 2 fully saturated rings. The lowest BCUT2D eigenvalue weighted by molar-refractivity contribution is 0.000950. The minimum Gasteiger partial charge on any atom is -0.490 e. The summed E-state index contributed by atoms with van der Waals surface area (Å²) in [6, 6.07) is 1.36. The van der Waals surface area contributed by atoms with Gasteiger partial charge in [0.1, 0.15) is 34.5 Å². The summed E-state index contributed by atoms with van der Waals surface area (Å²) in [5.41, 5.74) is -0.154. The fraction of sp³-hybridized carbons (Fsp3) is 0.667. The van der Waals surface area contributed by atoms with Crippen LogP contribution in [0.15, 0.2) is 6.07 Å².